The van der Waals surface area contributed by atoms with Gasteiger partial charge in [-0.3, -0.25) is 9.20 Å². The highest BCUT2D eigenvalue weighted by Crippen LogP contribution is 2.26. The summed E-state index contributed by atoms with van der Waals surface area (Å²) in [6, 6.07) is 10.4. The molecule has 3 aromatic rings. The van der Waals surface area contributed by atoms with Gasteiger partial charge < -0.3 is 10.4 Å². The second-order valence-corrected chi connectivity index (χ2v) is 5.45. The van der Waals surface area contributed by atoms with Gasteiger partial charge in [-0.05, 0) is 42.8 Å². The standard InChI is InChI=1S/C17H15N5O3/c1-10-6-7-22-14(8-10)19-15(17(24)25)16(22)21-20-13-5-3-4-12(9-13)18-11(2)23/h3-9H,1-2H3,(H,18,23)(H,24,25). The molecule has 3 rings (SSSR count). The van der Waals surface area contributed by atoms with Gasteiger partial charge in [-0.15, -0.1) is 10.2 Å². The number of imidazole rings is 1. The molecule has 0 radical (unpaired) electrons. The molecule has 0 atom stereocenters. The van der Waals surface area contributed by atoms with E-state index in [-0.39, 0.29) is 17.4 Å². The minimum Gasteiger partial charge on any atom is -0.476 e. The van der Waals surface area contributed by atoms with Crippen molar-refractivity contribution in [1.29, 1.82) is 0 Å². The Morgan fingerprint density at radius 1 is 1.20 bits per heavy atom. The number of azo groups is 1. The highest BCUT2D eigenvalue weighted by Gasteiger charge is 2.18. The molecule has 25 heavy (non-hydrogen) atoms. The first-order chi connectivity index (χ1) is 11.9. The number of carboxylic acid groups (broad SMARTS) is 1. The number of nitrogens with zero attached hydrogens (tertiary/aromatic N) is 4. The Bertz CT molecular complexity index is 1010. The zero-order chi connectivity index (χ0) is 18.0. The average Bonchev–Trinajstić information content (AvgIpc) is 2.90. The lowest BCUT2D eigenvalue weighted by atomic mass is 10.3. The summed E-state index contributed by atoms with van der Waals surface area (Å²) in [5, 5.41) is 20.2. The van der Waals surface area contributed by atoms with Gasteiger partial charge in [0.2, 0.25) is 5.91 Å². The van der Waals surface area contributed by atoms with E-state index in [1.807, 2.05) is 13.0 Å². The molecule has 0 fully saturated rings. The van der Waals surface area contributed by atoms with Crippen molar-refractivity contribution in [3.63, 3.8) is 0 Å². The minimum atomic E-state index is -1.18. The summed E-state index contributed by atoms with van der Waals surface area (Å²) in [6.45, 7) is 3.30. The molecule has 0 saturated heterocycles. The monoisotopic (exact) mass is 337 g/mol. The van der Waals surface area contributed by atoms with Crippen LogP contribution in [0, 0.1) is 6.92 Å². The van der Waals surface area contributed by atoms with Crippen LogP contribution in [0.2, 0.25) is 0 Å². The number of aromatic carboxylic acids is 1. The molecule has 0 aliphatic carbocycles. The first kappa shape index (κ1) is 16.3. The summed E-state index contributed by atoms with van der Waals surface area (Å²) in [7, 11) is 0. The van der Waals surface area contributed by atoms with Crippen molar-refractivity contribution in [1.82, 2.24) is 9.38 Å². The Labute approximate surface area is 142 Å². The van der Waals surface area contributed by atoms with E-state index in [0.717, 1.165) is 5.56 Å². The van der Waals surface area contributed by atoms with Crippen LogP contribution in [-0.4, -0.2) is 26.4 Å². The summed E-state index contributed by atoms with van der Waals surface area (Å²) in [5.74, 6) is -1.24. The Morgan fingerprint density at radius 3 is 2.72 bits per heavy atom. The summed E-state index contributed by atoms with van der Waals surface area (Å²) in [4.78, 5) is 26.7. The van der Waals surface area contributed by atoms with Crippen molar-refractivity contribution in [3.8, 4) is 0 Å². The smallest absolute Gasteiger partial charge is 0.358 e. The molecule has 0 saturated carbocycles. The molecule has 0 unspecified atom stereocenters. The number of pyridine rings is 1. The number of anilines is 1. The van der Waals surface area contributed by atoms with Crippen molar-refractivity contribution in [2.75, 3.05) is 5.32 Å². The van der Waals surface area contributed by atoms with Crippen molar-refractivity contribution in [2.45, 2.75) is 13.8 Å². The molecule has 2 aromatic heterocycles. The van der Waals surface area contributed by atoms with Gasteiger partial charge in [0.25, 0.3) is 0 Å². The fraction of sp³-hybridized carbons (Fsp3) is 0.118. The molecule has 8 nitrogen and oxygen atoms in total. The quantitative estimate of drug-likeness (QED) is 0.707. The van der Waals surface area contributed by atoms with Gasteiger partial charge in [0, 0.05) is 18.8 Å². The van der Waals surface area contributed by atoms with Crippen molar-refractivity contribution >= 4 is 34.7 Å². The Kier molecular flexibility index (Phi) is 4.25. The Morgan fingerprint density at radius 2 is 2.00 bits per heavy atom. The third-order valence-electron chi connectivity index (χ3n) is 3.39. The average molecular weight is 337 g/mol. The summed E-state index contributed by atoms with van der Waals surface area (Å²) < 4.78 is 1.57. The molecule has 0 aliphatic rings. The van der Waals surface area contributed by atoms with E-state index in [1.165, 1.54) is 6.92 Å². The van der Waals surface area contributed by atoms with E-state index < -0.39 is 5.97 Å². The normalized spacial score (nSPS) is 11.1. The number of carboxylic acids is 1. The molecule has 0 aliphatic heterocycles. The molecular weight excluding hydrogens is 322 g/mol. The molecule has 1 aromatic carbocycles. The molecule has 0 spiro atoms. The van der Waals surface area contributed by atoms with Crippen LogP contribution in [0.25, 0.3) is 5.65 Å². The summed E-state index contributed by atoms with van der Waals surface area (Å²) >= 11 is 0. The fourth-order valence-corrected chi connectivity index (χ4v) is 2.33. The SMILES string of the molecule is CC(=O)Nc1cccc(N=Nc2c(C(=O)O)nc3cc(C)ccn23)c1. The number of aromatic nitrogens is 2. The lowest BCUT2D eigenvalue weighted by molar-refractivity contribution is -0.114. The molecular formula is C17H15N5O3. The lowest BCUT2D eigenvalue weighted by Gasteiger charge is -2.02. The maximum atomic E-state index is 11.4. The van der Waals surface area contributed by atoms with E-state index in [1.54, 1.807) is 40.9 Å². The van der Waals surface area contributed by atoms with Gasteiger partial charge in [-0.1, -0.05) is 6.07 Å². The maximum absolute atomic E-state index is 11.4. The van der Waals surface area contributed by atoms with Crippen LogP contribution < -0.4 is 5.32 Å². The second kappa shape index (κ2) is 6.52. The number of hydrogen-bond donors (Lipinski definition) is 2. The van der Waals surface area contributed by atoms with E-state index >= 15 is 0 Å². The summed E-state index contributed by atoms with van der Waals surface area (Å²) in [6.07, 6.45) is 1.70. The van der Waals surface area contributed by atoms with Crippen LogP contribution in [-0.2, 0) is 4.79 Å². The van der Waals surface area contributed by atoms with E-state index in [4.69, 9.17) is 0 Å². The van der Waals surface area contributed by atoms with Crippen LogP contribution >= 0.6 is 0 Å². The number of aryl methyl sites for hydroxylation is 1. The van der Waals surface area contributed by atoms with Gasteiger partial charge in [-0.25, -0.2) is 9.78 Å². The minimum absolute atomic E-state index is 0.132. The number of nitrogens with one attached hydrogen (secondary N) is 1. The maximum Gasteiger partial charge on any atom is 0.358 e. The van der Waals surface area contributed by atoms with E-state index in [2.05, 4.69) is 20.5 Å². The van der Waals surface area contributed by atoms with Crippen molar-refractivity contribution < 1.29 is 14.7 Å². The van der Waals surface area contributed by atoms with Crippen LogP contribution in [0.1, 0.15) is 23.0 Å². The Balaban J connectivity index is 2.02. The van der Waals surface area contributed by atoms with Gasteiger partial charge >= 0.3 is 5.97 Å². The van der Waals surface area contributed by atoms with Crippen LogP contribution in [0.3, 0.4) is 0 Å². The molecule has 8 heteroatoms. The third-order valence-corrected chi connectivity index (χ3v) is 3.39. The zero-order valence-corrected chi connectivity index (χ0v) is 13.6. The highest BCUT2D eigenvalue weighted by molar-refractivity contribution is 5.92. The molecule has 1 amide bonds. The van der Waals surface area contributed by atoms with E-state index in [0.29, 0.717) is 17.0 Å². The first-order valence-electron chi connectivity index (χ1n) is 7.45. The van der Waals surface area contributed by atoms with Gasteiger partial charge in [-0.2, -0.15) is 0 Å². The topological polar surface area (TPSA) is 108 Å². The predicted octanol–water partition coefficient (Wildman–Crippen LogP) is 3.71. The lowest BCUT2D eigenvalue weighted by Crippen LogP contribution is -2.05. The molecule has 2 heterocycles. The summed E-state index contributed by atoms with van der Waals surface area (Å²) in [5.41, 5.74) is 2.33. The first-order valence-corrected chi connectivity index (χ1v) is 7.45. The number of hydrogen-bond acceptors (Lipinski definition) is 5. The van der Waals surface area contributed by atoms with Crippen LogP contribution in [0.15, 0.2) is 52.8 Å². The second-order valence-electron chi connectivity index (χ2n) is 5.45. The number of amides is 1. The van der Waals surface area contributed by atoms with Crippen molar-refractivity contribution in [2.24, 2.45) is 10.2 Å². The van der Waals surface area contributed by atoms with Crippen LogP contribution in [0.5, 0.6) is 0 Å². The Hall–Kier alpha value is -3.55. The highest BCUT2D eigenvalue weighted by atomic mass is 16.4. The number of carbonyl (C=O) groups excluding carboxylic acids is 1. The number of carbonyl (C=O) groups is 2. The predicted molar refractivity (Wildman–Crippen MR) is 91.8 cm³/mol. The van der Waals surface area contributed by atoms with E-state index in [9.17, 15) is 14.7 Å². The zero-order valence-electron chi connectivity index (χ0n) is 13.6. The number of fused-ring (bicyclic) bond motifs is 1. The van der Waals surface area contributed by atoms with Gasteiger partial charge in [0.15, 0.2) is 11.5 Å². The molecule has 2 N–H and O–H groups in total. The van der Waals surface area contributed by atoms with Gasteiger partial charge in [0.1, 0.15) is 5.65 Å². The van der Waals surface area contributed by atoms with Gasteiger partial charge in [0.05, 0.1) is 5.69 Å². The fourth-order valence-electron chi connectivity index (χ4n) is 2.33. The van der Waals surface area contributed by atoms with Crippen molar-refractivity contribution in [3.05, 3.63) is 53.9 Å². The molecule has 0 bridgehead atoms. The third kappa shape index (κ3) is 3.52. The number of benzene rings is 1. The number of rotatable bonds is 4. The molecule has 126 valence electrons. The largest absolute Gasteiger partial charge is 0.476 e. The van der Waals surface area contributed by atoms with Crippen LogP contribution in [0.4, 0.5) is 17.2 Å².